The number of anilines is 2. The highest BCUT2D eigenvalue weighted by atomic mass is 32.1. The van der Waals surface area contributed by atoms with Crippen molar-refractivity contribution in [2.75, 3.05) is 4.90 Å². The van der Waals surface area contributed by atoms with Crippen molar-refractivity contribution in [2.45, 2.75) is 11.3 Å². The number of benzene rings is 10. The largest absolute Gasteiger partial charge is 0.314 e. The number of allylic oxidation sites excluding steroid dienone is 4. The van der Waals surface area contributed by atoms with E-state index in [0.29, 0.717) is 0 Å². The summed E-state index contributed by atoms with van der Waals surface area (Å²) in [7, 11) is 0. The lowest BCUT2D eigenvalue weighted by Crippen LogP contribution is -2.39. The zero-order valence-electron chi connectivity index (χ0n) is 38.2. The van der Waals surface area contributed by atoms with Crippen LogP contribution in [0.15, 0.2) is 261 Å². The number of thiophene rings is 1. The molecule has 0 amide bonds. The molecule has 3 aliphatic carbocycles. The molecule has 0 saturated carbocycles. The lowest BCUT2D eigenvalue weighted by molar-refractivity contribution is 0.435. The Morgan fingerprint density at radius 2 is 0.957 bits per heavy atom. The summed E-state index contributed by atoms with van der Waals surface area (Å²) in [4.78, 5) is 2.58. The summed E-state index contributed by atoms with van der Waals surface area (Å²) < 4.78 is 5.05. The zero-order chi connectivity index (χ0) is 45.9. The fourth-order valence-corrected chi connectivity index (χ4v) is 14.2. The standard InChI is InChI=1S/C67H44N2S/c1-2-17-45(18-3-1)69-59-30-12-7-22-54(59)64-48(24-14-31-60(64)69)43-35-39-46(40-36-43)68(47-41-37-44(38-42-47)49-25-16-34-63-65(49)55-23-8-13-33-62(55)70-63)61-32-15-26-53-52-21-6-11-29-58(52)67(66(53)61)56-27-9-4-19-50(56)51-20-5-10-28-57(51)67/h1-42,53,66H. The van der Waals surface area contributed by atoms with Crippen LogP contribution in [0.5, 0.6) is 0 Å². The van der Waals surface area contributed by atoms with Crippen LogP contribution in [0.1, 0.15) is 28.2 Å². The van der Waals surface area contributed by atoms with Crippen LogP contribution < -0.4 is 4.90 Å². The van der Waals surface area contributed by atoms with Gasteiger partial charge in [-0.2, -0.15) is 0 Å². The second-order valence-corrected chi connectivity index (χ2v) is 20.1. The van der Waals surface area contributed by atoms with Gasteiger partial charge in [0.05, 0.1) is 16.4 Å². The molecule has 2 unspecified atom stereocenters. The Kier molecular flexibility index (Phi) is 8.60. The maximum absolute atomic E-state index is 2.58. The molecule has 2 aromatic heterocycles. The van der Waals surface area contributed by atoms with E-state index in [9.17, 15) is 0 Å². The number of rotatable bonds is 6. The first-order chi connectivity index (χ1) is 34.8. The van der Waals surface area contributed by atoms with Crippen molar-refractivity contribution < 1.29 is 0 Å². The summed E-state index contributed by atoms with van der Waals surface area (Å²) in [6.45, 7) is 0. The van der Waals surface area contributed by atoms with Crippen LogP contribution in [-0.4, -0.2) is 4.57 Å². The maximum atomic E-state index is 2.58. The first kappa shape index (κ1) is 39.5. The minimum absolute atomic E-state index is 0.0721. The minimum atomic E-state index is -0.401. The van der Waals surface area contributed by atoms with Crippen LogP contribution in [0.2, 0.25) is 0 Å². The molecule has 0 aliphatic heterocycles. The normalized spacial score (nSPS) is 16.1. The van der Waals surface area contributed by atoms with Gasteiger partial charge >= 0.3 is 0 Å². The summed E-state index contributed by atoms with van der Waals surface area (Å²) in [5.74, 6) is 0.239. The van der Waals surface area contributed by atoms with Gasteiger partial charge in [-0.05, 0) is 122 Å². The SMILES string of the molecule is C1=CC2c3ccccc3C3(c4ccccc4-c4ccccc43)C2C(N(c2ccc(-c3cccc4sc5ccccc5c34)cc2)c2ccc(-c3cccc4c3c3ccccc3n4-c3ccccc3)cc2)=C1. The van der Waals surface area contributed by atoms with Crippen molar-refractivity contribution in [3.63, 3.8) is 0 Å². The molecule has 15 rings (SSSR count). The van der Waals surface area contributed by atoms with Gasteiger partial charge in [-0.25, -0.2) is 0 Å². The van der Waals surface area contributed by atoms with E-state index in [2.05, 4.69) is 264 Å². The molecule has 3 heteroatoms. The first-order valence-corrected chi connectivity index (χ1v) is 25.2. The third kappa shape index (κ3) is 5.49. The van der Waals surface area contributed by atoms with E-state index in [0.717, 1.165) is 17.1 Å². The quantitative estimate of drug-likeness (QED) is 0.161. The number of hydrogen-bond donors (Lipinski definition) is 0. The number of fused-ring (bicyclic) bond motifs is 16. The van der Waals surface area contributed by atoms with Crippen LogP contribution in [0.3, 0.4) is 0 Å². The Balaban J connectivity index is 0.928. The van der Waals surface area contributed by atoms with Gasteiger partial charge in [0, 0.05) is 65.5 Å². The van der Waals surface area contributed by atoms with Crippen LogP contribution in [0.25, 0.3) is 81.0 Å². The fourth-order valence-electron chi connectivity index (χ4n) is 13.0. The van der Waals surface area contributed by atoms with Crippen LogP contribution in [0.4, 0.5) is 11.4 Å². The molecule has 0 N–H and O–H groups in total. The molecule has 2 heterocycles. The second kappa shape index (κ2) is 15.3. The topological polar surface area (TPSA) is 8.17 Å². The number of hydrogen-bond acceptors (Lipinski definition) is 2. The zero-order valence-corrected chi connectivity index (χ0v) is 39.0. The van der Waals surface area contributed by atoms with Crippen molar-refractivity contribution in [3.05, 3.63) is 283 Å². The Bertz CT molecular complexity index is 4090. The van der Waals surface area contributed by atoms with E-state index in [4.69, 9.17) is 0 Å². The summed E-state index contributed by atoms with van der Waals surface area (Å²) in [6, 6.07) is 88.4. The first-order valence-electron chi connectivity index (χ1n) is 24.4. The van der Waals surface area contributed by atoms with Crippen molar-refractivity contribution >= 4 is 64.7 Å². The molecular weight excluding hydrogens is 865 g/mol. The Hall–Kier alpha value is -8.50. The highest BCUT2D eigenvalue weighted by Crippen LogP contribution is 2.67. The van der Waals surface area contributed by atoms with Crippen molar-refractivity contribution in [1.29, 1.82) is 0 Å². The average Bonchev–Trinajstić information content (AvgIpc) is 4.16. The van der Waals surface area contributed by atoms with Gasteiger partial charge in [0.1, 0.15) is 0 Å². The fraction of sp³-hybridized carbons (Fsp3) is 0.0448. The van der Waals surface area contributed by atoms with Crippen LogP contribution in [-0.2, 0) is 5.41 Å². The third-order valence-corrected chi connectivity index (χ3v) is 16.9. The molecule has 0 fully saturated rings. The lowest BCUT2D eigenvalue weighted by Gasteiger charge is -2.43. The number of nitrogens with zero attached hydrogens (tertiary/aromatic N) is 2. The van der Waals surface area contributed by atoms with Gasteiger partial charge in [0.2, 0.25) is 0 Å². The smallest absolute Gasteiger partial charge is 0.0558 e. The van der Waals surface area contributed by atoms with E-state index >= 15 is 0 Å². The van der Waals surface area contributed by atoms with Gasteiger partial charge in [0.25, 0.3) is 0 Å². The highest BCUT2D eigenvalue weighted by Gasteiger charge is 2.59. The van der Waals surface area contributed by atoms with Gasteiger partial charge in [-0.3, -0.25) is 0 Å². The monoisotopic (exact) mass is 908 g/mol. The molecule has 12 aromatic rings. The molecule has 70 heavy (non-hydrogen) atoms. The Labute approximate surface area is 411 Å². The molecule has 0 saturated heterocycles. The summed E-state index contributed by atoms with van der Waals surface area (Å²) in [5, 5.41) is 5.17. The molecule has 328 valence electrons. The predicted octanol–water partition coefficient (Wildman–Crippen LogP) is 17.8. The minimum Gasteiger partial charge on any atom is -0.314 e. The number of aromatic nitrogens is 1. The van der Waals surface area contributed by atoms with Gasteiger partial charge < -0.3 is 9.47 Å². The summed E-state index contributed by atoms with van der Waals surface area (Å²) in [6.07, 6.45) is 7.20. The highest BCUT2D eigenvalue weighted by molar-refractivity contribution is 7.25. The van der Waals surface area contributed by atoms with Crippen molar-refractivity contribution in [1.82, 2.24) is 4.57 Å². The average molecular weight is 909 g/mol. The van der Waals surface area contributed by atoms with Gasteiger partial charge in [0.15, 0.2) is 0 Å². The molecule has 2 nitrogen and oxygen atoms in total. The molecule has 3 aliphatic rings. The predicted molar refractivity (Wildman–Crippen MR) is 295 cm³/mol. The van der Waals surface area contributed by atoms with Crippen LogP contribution in [0, 0.1) is 5.92 Å². The molecule has 10 aromatic carbocycles. The van der Waals surface area contributed by atoms with E-state index in [1.807, 2.05) is 11.3 Å². The molecule has 0 bridgehead atoms. The molecule has 0 radical (unpaired) electrons. The van der Waals surface area contributed by atoms with Gasteiger partial charge in [-0.1, -0.05) is 188 Å². The maximum Gasteiger partial charge on any atom is 0.0558 e. The molecule has 2 atom stereocenters. The van der Waals surface area contributed by atoms with Crippen molar-refractivity contribution in [3.8, 4) is 39.1 Å². The van der Waals surface area contributed by atoms with E-state index in [-0.39, 0.29) is 11.8 Å². The number of para-hydroxylation sites is 2. The summed E-state index contributed by atoms with van der Waals surface area (Å²) >= 11 is 1.87. The summed E-state index contributed by atoms with van der Waals surface area (Å²) in [5.41, 5.74) is 19.9. The Morgan fingerprint density at radius 3 is 1.69 bits per heavy atom. The molecule has 1 spiro atoms. The van der Waals surface area contributed by atoms with E-state index in [1.165, 1.54) is 103 Å². The molecular formula is C67H44N2S. The van der Waals surface area contributed by atoms with E-state index < -0.39 is 5.41 Å². The van der Waals surface area contributed by atoms with Crippen molar-refractivity contribution in [2.24, 2.45) is 5.92 Å². The third-order valence-electron chi connectivity index (χ3n) is 15.7. The lowest BCUT2D eigenvalue weighted by atomic mass is 9.64. The van der Waals surface area contributed by atoms with Gasteiger partial charge in [-0.15, -0.1) is 11.3 Å². The Morgan fingerprint density at radius 1 is 0.414 bits per heavy atom. The van der Waals surface area contributed by atoms with Crippen LogP contribution >= 0.6 is 11.3 Å². The second-order valence-electron chi connectivity index (χ2n) is 19.1. The van der Waals surface area contributed by atoms with E-state index in [1.54, 1.807) is 0 Å².